The summed E-state index contributed by atoms with van der Waals surface area (Å²) in [6.45, 7) is 5.56. The number of nitrogens with one attached hydrogen (secondary N) is 1. The number of ether oxygens (including phenoxy) is 1. The third-order valence-corrected chi connectivity index (χ3v) is 5.05. The van der Waals surface area contributed by atoms with E-state index in [2.05, 4.69) is 34.5 Å². The Hall–Kier alpha value is -2.04. The van der Waals surface area contributed by atoms with E-state index in [0.717, 1.165) is 55.1 Å². The van der Waals surface area contributed by atoms with Crippen LogP contribution < -0.4 is 15.0 Å². The molecule has 2 N–H and O–H groups in total. The van der Waals surface area contributed by atoms with Crippen LogP contribution >= 0.6 is 0 Å². The van der Waals surface area contributed by atoms with Gasteiger partial charge in [0, 0.05) is 37.7 Å². The van der Waals surface area contributed by atoms with Gasteiger partial charge in [0.15, 0.2) is 0 Å². The summed E-state index contributed by atoms with van der Waals surface area (Å²) in [5.74, 6) is 0.954. The molecule has 24 heavy (non-hydrogen) atoms. The standard InChI is InChI=1S/C20H24N2O2/c1-14(23)16-5-2-3-6-17(16)18-7-4-8-19-20(18)24-12-9-15-13-21-10-11-22(15)19/h2-8,14-15,21,23H,9-13H2,1H3/t14?,15-/m0/s1. The number of hydrogen-bond acceptors (Lipinski definition) is 4. The molecule has 1 fully saturated rings. The molecule has 2 atom stereocenters. The van der Waals surface area contributed by atoms with Gasteiger partial charge in [-0.3, -0.25) is 0 Å². The van der Waals surface area contributed by atoms with Crippen molar-refractivity contribution in [2.75, 3.05) is 31.1 Å². The molecule has 2 aliphatic heterocycles. The van der Waals surface area contributed by atoms with E-state index in [1.165, 1.54) is 5.69 Å². The highest BCUT2D eigenvalue weighted by Crippen LogP contribution is 2.43. The van der Waals surface area contributed by atoms with Crippen LogP contribution in [0.4, 0.5) is 5.69 Å². The molecule has 0 aromatic heterocycles. The first-order valence-corrected chi connectivity index (χ1v) is 8.76. The van der Waals surface area contributed by atoms with Gasteiger partial charge in [-0.2, -0.15) is 0 Å². The van der Waals surface area contributed by atoms with Crippen molar-refractivity contribution in [3.05, 3.63) is 48.0 Å². The maximum Gasteiger partial charge on any atom is 0.150 e. The second-order valence-corrected chi connectivity index (χ2v) is 6.61. The van der Waals surface area contributed by atoms with Crippen molar-refractivity contribution in [2.24, 2.45) is 0 Å². The van der Waals surface area contributed by atoms with E-state index in [0.29, 0.717) is 6.04 Å². The van der Waals surface area contributed by atoms with Crippen LogP contribution in [0.3, 0.4) is 0 Å². The van der Waals surface area contributed by atoms with Crippen LogP contribution in [0.5, 0.6) is 5.75 Å². The van der Waals surface area contributed by atoms with Crippen molar-refractivity contribution in [2.45, 2.75) is 25.5 Å². The second kappa shape index (κ2) is 6.46. The molecule has 1 unspecified atom stereocenters. The first-order chi connectivity index (χ1) is 11.8. The summed E-state index contributed by atoms with van der Waals surface area (Å²) < 4.78 is 6.21. The zero-order valence-corrected chi connectivity index (χ0v) is 14.0. The fourth-order valence-corrected chi connectivity index (χ4v) is 3.85. The van der Waals surface area contributed by atoms with Crippen LogP contribution in [0, 0.1) is 0 Å². The summed E-state index contributed by atoms with van der Waals surface area (Å²) in [4.78, 5) is 2.48. The number of piperazine rings is 1. The number of para-hydroxylation sites is 1. The molecule has 0 aliphatic carbocycles. The van der Waals surface area contributed by atoms with Crippen molar-refractivity contribution in [1.82, 2.24) is 5.32 Å². The van der Waals surface area contributed by atoms with E-state index in [1.54, 1.807) is 0 Å². The smallest absolute Gasteiger partial charge is 0.150 e. The molecular formula is C20H24N2O2. The zero-order valence-electron chi connectivity index (χ0n) is 14.0. The van der Waals surface area contributed by atoms with E-state index in [1.807, 2.05) is 25.1 Å². The molecule has 2 aromatic rings. The Morgan fingerprint density at radius 3 is 2.88 bits per heavy atom. The minimum atomic E-state index is -0.505. The number of fused-ring (bicyclic) bond motifs is 3. The summed E-state index contributed by atoms with van der Waals surface area (Å²) in [7, 11) is 0. The fraction of sp³-hybridized carbons (Fsp3) is 0.400. The first-order valence-electron chi connectivity index (χ1n) is 8.76. The van der Waals surface area contributed by atoms with Crippen LogP contribution in [0.25, 0.3) is 11.1 Å². The van der Waals surface area contributed by atoms with E-state index < -0.39 is 6.10 Å². The van der Waals surface area contributed by atoms with Crippen molar-refractivity contribution in [3.63, 3.8) is 0 Å². The predicted octanol–water partition coefficient (Wildman–Crippen LogP) is 2.97. The van der Waals surface area contributed by atoms with Gasteiger partial charge in [-0.05, 0) is 24.1 Å². The van der Waals surface area contributed by atoms with Gasteiger partial charge in [0.05, 0.1) is 18.4 Å². The second-order valence-electron chi connectivity index (χ2n) is 6.61. The van der Waals surface area contributed by atoms with Crippen LogP contribution in [-0.2, 0) is 0 Å². The Bertz CT molecular complexity index is 729. The Labute approximate surface area is 143 Å². The highest BCUT2D eigenvalue weighted by Gasteiger charge is 2.29. The number of anilines is 1. The SMILES string of the molecule is CC(O)c1ccccc1-c1cccc2c1OCC[C@H]1CNCCN21. The van der Waals surface area contributed by atoms with Crippen molar-refractivity contribution >= 4 is 5.69 Å². The number of nitrogens with zero attached hydrogens (tertiary/aromatic N) is 1. The number of rotatable bonds is 2. The van der Waals surface area contributed by atoms with Gasteiger partial charge in [-0.15, -0.1) is 0 Å². The van der Waals surface area contributed by atoms with Crippen molar-refractivity contribution in [3.8, 4) is 16.9 Å². The molecule has 0 amide bonds. The molecule has 2 aliphatic rings. The summed E-state index contributed by atoms with van der Waals surface area (Å²) >= 11 is 0. The van der Waals surface area contributed by atoms with E-state index >= 15 is 0 Å². The van der Waals surface area contributed by atoms with Gasteiger partial charge in [0.1, 0.15) is 5.75 Å². The Morgan fingerprint density at radius 2 is 2.00 bits per heavy atom. The first kappa shape index (κ1) is 15.5. The molecular weight excluding hydrogens is 300 g/mol. The normalized spacial score (nSPS) is 21.2. The summed E-state index contributed by atoms with van der Waals surface area (Å²) in [5.41, 5.74) is 4.24. The van der Waals surface area contributed by atoms with Crippen molar-refractivity contribution < 1.29 is 9.84 Å². The largest absolute Gasteiger partial charge is 0.491 e. The third kappa shape index (κ3) is 2.66. The Kier molecular flexibility index (Phi) is 4.17. The van der Waals surface area contributed by atoms with Gasteiger partial charge in [-0.1, -0.05) is 36.4 Å². The van der Waals surface area contributed by atoms with Gasteiger partial charge in [-0.25, -0.2) is 0 Å². The highest BCUT2D eigenvalue weighted by atomic mass is 16.5. The van der Waals surface area contributed by atoms with Gasteiger partial charge in [0.2, 0.25) is 0 Å². The van der Waals surface area contributed by atoms with E-state index in [9.17, 15) is 5.11 Å². The molecule has 2 heterocycles. The monoisotopic (exact) mass is 324 g/mol. The molecule has 4 nitrogen and oxygen atoms in total. The third-order valence-electron chi connectivity index (χ3n) is 5.05. The molecule has 1 saturated heterocycles. The number of aliphatic hydroxyl groups excluding tert-OH is 1. The van der Waals surface area contributed by atoms with E-state index in [4.69, 9.17) is 4.74 Å². The maximum absolute atomic E-state index is 10.2. The summed E-state index contributed by atoms with van der Waals surface area (Å²) in [6.07, 6.45) is 0.522. The van der Waals surface area contributed by atoms with Gasteiger partial charge in [0.25, 0.3) is 0 Å². The van der Waals surface area contributed by atoms with Crippen molar-refractivity contribution in [1.29, 1.82) is 0 Å². The van der Waals surface area contributed by atoms with Crippen LogP contribution in [0.2, 0.25) is 0 Å². The van der Waals surface area contributed by atoms with E-state index in [-0.39, 0.29) is 0 Å². The molecule has 0 bridgehead atoms. The maximum atomic E-state index is 10.2. The van der Waals surface area contributed by atoms with Crippen LogP contribution in [0.15, 0.2) is 42.5 Å². The molecule has 2 aromatic carbocycles. The topological polar surface area (TPSA) is 44.7 Å². The average molecular weight is 324 g/mol. The van der Waals surface area contributed by atoms with Gasteiger partial charge >= 0.3 is 0 Å². The molecule has 4 rings (SSSR count). The predicted molar refractivity (Wildman–Crippen MR) is 96.6 cm³/mol. The molecule has 126 valence electrons. The number of hydrogen-bond donors (Lipinski definition) is 2. The number of aliphatic hydroxyl groups is 1. The minimum Gasteiger partial charge on any atom is -0.491 e. The quantitative estimate of drug-likeness (QED) is 0.891. The van der Waals surface area contributed by atoms with Crippen LogP contribution in [-0.4, -0.2) is 37.4 Å². The Morgan fingerprint density at radius 1 is 1.17 bits per heavy atom. The van der Waals surface area contributed by atoms with Gasteiger partial charge < -0.3 is 20.1 Å². The zero-order chi connectivity index (χ0) is 16.5. The fourth-order valence-electron chi connectivity index (χ4n) is 3.85. The lowest BCUT2D eigenvalue weighted by molar-refractivity contribution is 0.200. The lowest BCUT2D eigenvalue weighted by Crippen LogP contribution is -2.51. The molecule has 4 heteroatoms. The van der Waals surface area contributed by atoms with Crippen LogP contribution in [0.1, 0.15) is 25.0 Å². The summed E-state index contributed by atoms with van der Waals surface area (Å²) in [5, 5.41) is 13.6. The number of benzene rings is 2. The lowest BCUT2D eigenvalue weighted by atomic mass is 9.95. The minimum absolute atomic E-state index is 0.488. The molecule has 0 saturated carbocycles. The lowest BCUT2D eigenvalue weighted by Gasteiger charge is -2.36. The Balaban J connectivity index is 1.85. The highest BCUT2D eigenvalue weighted by molar-refractivity contribution is 5.81. The molecule has 0 spiro atoms. The average Bonchev–Trinajstić information content (AvgIpc) is 2.81. The summed E-state index contributed by atoms with van der Waals surface area (Å²) in [6, 6.07) is 14.9. The molecule has 0 radical (unpaired) electrons.